The van der Waals surface area contributed by atoms with E-state index >= 15 is 0 Å². The number of rotatable bonds is 5. The molecule has 7 nitrogen and oxygen atoms in total. The number of nitrogens with zero attached hydrogens (tertiary/aromatic N) is 3. The summed E-state index contributed by atoms with van der Waals surface area (Å²) in [4.78, 5) is 27.0. The Morgan fingerprint density at radius 1 is 1.21 bits per heavy atom. The summed E-state index contributed by atoms with van der Waals surface area (Å²) in [5, 5.41) is 15.3. The number of aromatic nitrogens is 1. The number of nitrogens with one attached hydrogen (secondary N) is 2. The summed E-state index contributed by atoms with van der Waals surface area (Å²) in [6.07, 6.45) is 7.72. The van der Waals surface area contributed by atoms with Gasteiger partial charge < -0.3 is 15.2 Å². The van der Waals surface area contributed by atoms with Crippen LogP contribution in [0.15, 0.2) is 12.1 Å². The Balaban J connectivity index is 1.72. The van der Waals surface area contributed by atoms with Gasteiger partial charge in [-0.15, -0.1) is 0 Å². The summed E-state index contributed by atoms with van der Waals surface area (Å²) in [6, 6.07) is 6.30. The predicted octanol–water partition coefficient (Wildman–Crippen LogP) is 2.25. The van der Waals surface area contributed by atoms with Crippen molar-refractivity contribution in [3.63, 3.8) is 0 Å². The summed E-state index contributed by atoms with van der Waals surface area (Å²) in [7, 11) is 3.53. The molecule has 152 valence electrons. The number of nitriles is 1. The Bertz CT molecular complexity index is 757. The number of piperidine rings is 1. The van der Waals surface area contributed by atoms with Crippen molar-refractivity contribution >= 4 is 11.8 Å². The molecule has 1 aliphatic carbocycles. The van der Waals surface area contributed by atoms with Gasteiger partial charge >= 0.3 is 0 Å². The summed E-state index contributed by atoms with van der Waals surface area (Å²) >= 11 is 0. The van der Waals surface area contributed by atoms with Crippen molar-refractivity contribution in [1.29, 1.82) is 5.26 Å². The molecule has 7 heteroatoms. The number of hydrogen-bond acceptors (Lipinski definition) is 4. The fourth-order valence-corrected chi connectivity index (χ4v) is 4.64. The third-order valence-corrected chi connectivity index (χ3v) is 6.22. The van der Waals surface area contributed by atoms with Crippen LogP contribution in [-0.4, -0.2) is 47.0 Å². The van der Waals surface area contributed by atoms with Crippen LogP contribution in [0.3, 0.4) is 0 Å². The molecule has 2 N–H and O–H groups in total. The van der Waals surface area contributed by atoms with Crippen LogP contribution in [0.5, 0.6) is 0 Å². The SMILES string of the molecule is CNC(=O)c1ccc(C2CCCCN2CC(=O)NC2(C#N)CCCCC2)n1C. The first-order chi connectivity index (χ1) is 13.5. The molecule has 2 fully saturated rings. The first-order valence-corrected chi connectivity index (χ1v) is 10.3. The van der Waals surface area contributed by atoms with Crippen LogP contribution < -0.4 is 10.6 Å². The molecule has 0 radical (unpaired) electrons. The van der Waals surface area contributed by atoms with Crippen LogP contribution in [0.4, 0.5) is 0 Å². The molecule has 28 heavy (non-hydrogen) atoms. The fourth-order valence-electron chi connectivity index (χ4n) is 4.64. The first-order valence-electron chi connectivity index (χ1n) is 10.3. The van der Waals surface area contributed by atoms with E-state index < -0.39 is 5.54 Å². The van der Waals surface area contributed by atoms with E-state index in [0.717, 1.165) is 63.6 Å². The minimum Gasteiger partial charge on any atom is -0.354 e. The van der Waals surface area contributed by atoms with Crippen molar-refractivity contribution in [2.24, 2.45) is 7.05 Å². The molecule has 2 amide bonds. The molecule has 1 atom stereocenters. The smallest absolute Gasteiger partial charge is 0.267 e. The van der Waals surface area contributed by atoms with E-state index in [-0.39, 0.29) is 24.4 Å². The van der Waals surface area contributed by atoms with Gasteiger partial charge in [0.05, 0.1) is 18.7 Å². The molecule has 3 rings (SSSR count). The average molecular weight is 386 g/mol. The van der Waals surface area contributed by atoms with Gasteiger partial charge in [0, 0.05) is 19.8 Å². The Hall–Kier alpha value is -2.33. The van der Waals surface area contributed by atoms with Gasteiger partial charge in [0.25, 0.3) is 5.91 Å². The van der Waals surface area contributed by atoms with Crippen LogP contribution in [0, 0.1) is 11.3 Å². The molecule has 1 saturated carbocycles. The van der Waals surface area contributed by atoms with Crippen LogP contribution in [0.2, 0.25) is 0 Å². The highest BCUT2D eigenvalue weighted by Gasteiger charge is 2.35. The van der Waals surface area contributed by atoms with Crippen LogP contribution in [-0.2, 0) is 11.8 Å². The highest BCUT2D eigenvalue weighted by molar-refractivity contribution is 5.92. The molecule has 1 unspecified atom stereocenters. The highest BCUT2D eigenvalue weighted by atomic mass is 16.2. The van der Waals surface area contributed by atoms with E-state index in [1.165, 1.54) is 0 Å². The Morgan fingerprint density at radius 2 is 1.96 bits per heavy atom. The molecule has 1 saturated heterocycles. The van der Waals surface area contributed by atoms with Crippen LogP contribution in [0.25, 0.3) is 0 Å². The molecule has 0 bridgehead atoms. The van der Waals surface area contributed by atoms with Crippen molar-refractivity contribution in [3.05, 3.63) is 23.5 Å². The van der Waals surface area contributed by atoms with Gasteiger partial charge in [-0.25, -0.2) is 0 Å². The van der Waals surface area contributed by atoms with E-state index in [1.54, 1.807) is 7.05 Å². The second-order valence-electron chi connectivity index (χ2n) is 8.07. The first kappa shape index (κ1) is 20.4. The van der Waals surface area contributed by atoms with Crippen molar-refractivity contribution < 1.29 is 9.59 Å². The third-order valence-electron chi connectivity index (χ3n) is 6.22. The normalized spacial score (nSPS) is 22.2. The van der Waals surface area contributed by atoms with Crippen LogP contribution >= 0.6 is 0 Å². The van der Waals surface area contributed by atoms with Gasteiger partial charge in [-0.05, 0) is 44.4 Å². The number of carbonyl (C=O) groups excluding carboxylic acids is 2. The molecule has 0 spiro atoms. The maximum Gasteiger partial charge on any atom is 0.267 e. The molecule has 1 aliphatic heterocycles. The van der Waals surface area contributed by atoms with Gasteiger partial charge in [-0.2, -0.15) is 5.26 Å². The van der Waals surface area contributed by atoms with Crippen molar-refractivity contribution in [2.75, 3.05) is 20.1 Å². The van der Waals surface area contributed by atoms with E-state index in [4.69, 9.17) is 0 Å². The summed E-state index contributed by atoms with van der Waals surface area (Å²) < 4.78 is 1.93. The van der Waals surface area contributed by atoms with Gasteiger partial charge in [0.2, 0.25) is 5.91 Å². The lowest BCUT2D eigenvalue weighted by Gasteiger charge is -2.37. The molecule has 2 aliphatic rings. The number of hydrogen-bond donors (Lipinski definition) is 2. The molecule has 1 aromatic rings. The predicted molar refractivity (Wildman–Crippen MR) is 107 cm³/mol. The van der Waals surface area contributed by atoms with E-state index in [1.807, 2.05) is 23.7 Å². The number of likely N-dealkylation sites (tertiary alicyclic amines) is 1. The number of carbonyl (C=O) groups is 2. The molecule has 0 aromatic carbocycles. The third kappa shape index (κ3) is 4.22. The van der Waals surface area contributed by atoms with Gasteiger partial charge in [0.1, 0.15) is 11.2 Å². The van der Waals surface area contributed by atoms with E-state index in [9.17, 15) is 14.9 Å². The molecule has 1 aromatic heterocycles. The lowest BCUT2D eigenvalue weighted by atomic mass is 9.83. The molecular formula is C21H31N5O2. The largest absolute Gasteiger partial charge is 0.354 e. The van der Waals surface area contributed by atoms with Crippen molar-refractivity contribution in [2.45, 2.75) is 62.9 Å². The molecule has 2 heterocycles. The zero-order valence-electron chi connectivity index (χ0n) is 17.0. The lowest BCUT2D eigenvalue weighted by Crippen LogP contribution is -2.52. The topological polar surface area (TPSA) is 90.2 Å². The monoisotopic (exact) mass is 385 g/mol. The van der Waals surface area contributed by atoms with E-state index in [2.05, 4.69) is 21.6 Å². The zero-order valence-corrected chi connectivity index (χ0v) is 17.0. The maximum absolute atomic E-state index is 12.8. The Kier molecular flexibility index (Phi) is 6.40. The van der Waals surface area contributed by atoms with Gasteiger partial charge in [-0.3, -0.25) is 14.5 Å². The standard InChI is InChI=1S/C21H31N5O2/c1-23-20(28)18-10-9-16(25(18)2)17-8-4-7-13-26(17)14-19(27)24-21(15-22)11-5-3-6-12-21/h9-10,17H,3-8,11-14H2,1-2H3,(H,23,28)(H,24,27). The number of amides is 2. The Morgan fingerprint density at radius 3 is 2.64 bits per heavy atom. The summed E-state index contributed by atoms with van der Waals surface area (Å²) in [6.45, 7) is 1.13. The maximum atomic E-state index is 12.8. The van der Waals surface area contributed by atoms with Crippen LogP contribution in [0.1, 0.15) is 73.6 Å². The van der Waals surface area contributed by atoms with Crippen molar-refractivity contribution in [1.82, 2.24) is 20.1 Å². The second-order valence-corrected chi connectivity index (χ2v) is 8.07. The fraction of sp³-hybridized carbons (Fsp3) is 0.667. The Labute approximate surface area is 167 Å². The quantitative estimate of drug-likeness (QED) is 0.813. The second kappa shape index (κ2) is 8.78. The molecular weight excluding hydrogens is 354 g/mol. The van der Waals surface area contributed by atoms with Crippen molar-refractivity contribution in [3.8, 4) is 6.07 Å². The van der Waals surface area contributed by atoms with Gasteiger partial charge in [-0.1, -0.05) is 25.7 Å². The average Bonchev–Trinajstić information content (AvgIpc) is 3.09. The summed E-state index contributed by atoms with van der Waals surface area (Å²) in [5.41, 5.74) is 0.981. The minimum atomic E-state index is -0.696. The van der Waals surface area contributed by atoms with Gasteiger partial charge in [0.15, 0.2) is 0 Å². The van der Waals surface area contributed by atoms with E-state index in [0.29, 0.717) is 5.69 Å². The highest BCUT2D eigenvalue weighted by Crippen LogP contribution is 2.32. The summed E-state index contributed by atoms with van der Waals surface area (Å²) in [5.74, 6) is -0.182. The zero-order chi connectivity index (χ0) is 20.1. The lowest BCUT2D eigenvalue weighted by molar-refractivity contribution is -0.125. The minimum absolute atomic E-state index is 0.0731.